The molecule has 1 heterocycles. The van der Waals surface area contributed by atoms with Gasteiger partial charge in [-0.25, -0.2) is 4.98 Å². The van der Waals surface area contributed by atoms with Crippen molar-refractivity contribution in [1.82, 2.24) is 15.3 Å². The maximum Gasteiger partial charge on any atom is 0.271 e. The lowest BCUT2D eigenvalue weighted by atomic mass is 10.2. The Balaban J connectivity index is 2.06. The van der Waals surface area contributed by atoms with Crippen LogP contribution >= 0.6 is 23.2 Å². The fraction of sp³-hybridized carbons (Fsp3) is 0.154. The molecule has 5 nitrogen and oxygen atoms in total. The monoisotopic (exact) mass is 311 g/mol. The number of hydrogen-bond donors (Lipinski definition) is 1. The van der Waals surface area contributed by atoms with Gasteiger partial charge in [0.2, 0.25) is 5.88 Å². The third kappa shape index (κ3) is 3.37. The van der Waals surface area contributed by atoms with Crippen molar-refractivity contribution in [3.05, 3.63) is 51.9 Å². The number of rotatable bonds is 4. The number of ether oxygens (including phenoxy) is 1. The van der Waals surface area contributed by atoms with Crippen molar-refractivity contribution < 1.29 is 9.53 Å². The molecule has 1 N–H and O–H groups in total. The van der Waals surface area contributed by atoms with Crippen LogP contribution in [0.15, 0.2) is 30.6 Å². The fourth-order valence-corrected chi connectivity index (χ4v) is 1.89. The summed E-state index contributed by atoms with van der Waals surface area (Å²) in [5.41, 5.74) is 0.894. The summed E-state index contributed by atoms with van der Waals surface area (Å²) in [6, 6.07) is 5.23. The van der Waals surface area contributed by atoms with Crippen molar-refractivity contribution in [2.24, 2.45) is 0 Å². The van der Waals surface area contributed by atoms with Crippen LogP contribution in [-0.2, 0) is 6.54 Å². The molecule has 0 atom stereocenters. The van der Waals surface area contributed by atoms with Crippen LogP contribution in [0.4, 0.5) is 0 Å². The molecule has 0 bridgehead atoms. The molecule has 1 aromatic heterocycles. The van der Waals surface area contributed by atoms with Gasteiger partial charge in [0.25, 0.3) is 5.91 Å². The van der Waals surface area contributed by atoms with Crippen molar-refractivity contribution >= 4 is 29.1 Å². The van der Waals surface area contributed by atoms with Gasteiger partial charge < -0.3 is 10.1 Å². The molecule has 0 aliphatic heterocycles. The highest BCUT2D eigenvalue weighted by atomic mass is 35.5. The van der Waals surface area contributed by atoms with Gasteiger partial charge in [0, 0.05) is 6.54 Å². The van der Waals surface area contributed by atoms with Crippen LogP contribution < -0.4 is 10.1 Å². The second kappa shape index (κ2) is 6.54. The first-order valence-electron chi connectivity index (χ1n) is 5.69. The van der Waals surface area contributed by atoms with Crippen LogP contribution in [0.1, 0.15) is 16.1 Å². The summed E-state index contributed by atoms with van der Waals surface area (Å²) in [5, 5.41) is 3.56. The fourth-order valence-electron chi connectivity index (χ4n) is 1.51. The first-order chi connectivity index (χ1) is 9.61. The Kier molecular flexibility index (Phi) is 4.76. The first-order valence-corrected chi connectivity index (χ1v) is 6.44. The lowest BCUT2D eigenvalue weighted by molar-refractivity contribution is 0.0944. The molecule has 104 valence electrons. The van der Waals surface area contributed by atoms with Crippen LogP contribution in [0.5, 0.6) is 5.88 Å². The summed E-state index contributed by atoms with van der Waals surface area (Å²) in [6.45, 7) is 0.247. The van der Waals surface area contributed by atoms with E-state index in [-0.39, 0.29) is 24.0 Å². The van der Waals surface area contributed by atoms with E-state index in [9.17, 15) is 4.79 Å². The average Bonchev–Trinajstić information content (AvgIpc) is 2.48. The zero-order chi connectivity index (χ0) is 14.5. The van der Waals surface area contributed by atoms with Gasteiger partial charge in [-0.05, 0) is 11.6 Å². The minimum atomic E-state index is -0.368. The maximum atomic E-state index is 11.9. The molecule has 0 saturated carbocycles. The third-order valence-corrected chi connectivity index (χ3v) is 3.38. The number of nitrogens with one attached hydrogen (secondary N) is 1. The van der Waals surface area contributed by atoms with E-state index in [4.69, 9.17) is 27.9 Å². The van der Waals surface area contributed by atoms with Gasteiger partial charge in [0.05, 0.1) is 29.5 Å². The largest absolute Gasteiger partial charge is 0.480 e. The molecule has 0 aliphatic rings. The highest BCUT2D eigenvalue weighted by molar-refractivity contribution is 6.42. The first kappa shape index (κ1) is 14.6. The molecule has 0 fully saturated rings. The summed E-state index contributed by atoms with van der Waals surface area (Å²) >= 11 is 11.9. The van der Waals surface area contributed by atoms with E-state index in [1.165, 1.54) is 19.5 Å². The molecule has 0 saturated heterocycles. The van der Waals surface area contributed by atoms with Crippen molar-refractivity contribution in [3.63, 3.8) is 0 Å². The third-order valence-electron chi connectivity index (χ3n) is 2.53. The Morgan fingerprint density at radius 1 is 1.35 bits per heavy atom. The molecule has 20 heavy (non-hydrogen) atoms. The van der Waals surface area contributed by atoms with Crippen molar-refractivity contribution in [3.8, 4) is 5.88 Å². The van der Waals surface area contributed by atoms with Crippen molar-refractivity contribution in [2.75, 3.05) is 7.11 Å². The number of halogens is 2. The highest BCUT2D eigenvalue weighted by Crippen LogP contribution is 2.25. The number of hydrogen-bond acceptors (Lipinski definition) is 4. The van der Waals surface area contributed by atoms with Gasteiger partial charge in [-0.15, -0.1) is 0 Å². The molecule has 0 unspecified atom stereocenters. The zero-order valence-corrected chi connectivity index (χ0v) is 12.1. The number of carbonyl (C=O) groups excluding carboxylic acids is 1. The number of aromatic nitrogens is 2. The van der Waals surface area contributed by atoms with Gasteiger partial charge in [-0.3, -0.25) is 9.78 Å². The van der Waals surface area contributed by atoms with Gasteiger partial charge >= 0.3 is 0 Å². The molecular weight excluding hydrogens is 301 g/mol. The Morgan fingerprint density at radius 2 is 2.15 bits per heavy atom. The van der Waals surface area contributed by atoms with Gasteiger partial charge in [-0.1, -0.05) is 35.3 Å². The average molecular weight is 312 g/mol. The molecular formula is C13H11Cl2N3O2. The Morgan fingerprint density at radius 3 is 2.90 bits per heavy atom. The minimum Gasteiger partial charge on any atom is -0.480 e. The second-order valence-corrected chi connectivity index (χ2v) is 4.63. The zero-order valence-electron chi connectivity index (χ0n) is 10.6. The molecule has 1 aromatic carbocycles. The quantitative estimate of drug-likeness (QED) is 0.943. The van der Waals surface area contributed by atoms with Crippen LogP contribution in [0.2, 0.25) is 10.0 Å². The number of benzene rings is 1. The Hall–Kier alpha value is -1.85. The minimum absolute atomic E-state index is 0.169. The molecule has 1 amide bonds. The van der Waals surface area contributed by atoms with Crippen LogP contribution in [0.25, 0.3) is 0 Å². The standard InChI is InChI=1S/C13H11Cl2N3O2/c1-20-11-7-16-6-10(18-11)13(19)17-5-8-3-2-4-9(14)12(8)15/h2-4,6-7H,5H2,1H3,(H,17,19). The highest BCUT2D eigenvalue weighted by Gasteiger charge is 2.10. The molecule has 0 radical (unpaired) electrons. The Labute approximate surface area is 125 Å². The van der Waals surface area contributed by atoms with E-state index in [0.717, 1.165) is 5.56 Å². The van der Waals surface area contributed by atoms with E-state index in [0.29, 0.717) is 10.0 Å². The molecule has 0 aliphatic carbocycles. The molecule has 7 heteroatoms. The molecule has 2 aromatic rings. The summed E-state index contributed by atoms with van der Waals surface area (Å²) in [7, 11) is 1.46. The summed E-state index contributed by atoms with van der Waals surface area (Å²) in [4.78, 5) is 19.8. The number of amides is 1. The van der Waals surface area contributed by atoms with Gasteiger partial charge in [0.1, 0.15) is 5.69 Å². The van der Waals surface area contributed by atoms with E-state index in [2.05, 4.69) is 15.3 Å². The van der Waals surface area contributed by atoms with Crippen molar-refractivity contribution in [1.29, 1.82) is 0 Å². The maximum absolute atomic E-state index is 11.9. The number of carbonyl (C=O) groups is 1. The predicted octanol–water partition coefficient (Wildman–Crippen LogP) is 2.72. The smallest absolute Gasteiger partial charge is 0.271 e. The lowest BCUT2D eigenvalue weighted by Crippen LogP contribution is -2.24. The molecule has 0 spiro atoms. The van der Waals surface area contributed by atoms with Crippen LogP contribution in [-0.4, -0.2) is 23.0 Å². The second-order valence-electron chi connectivity index (χ2n) is 3.84. The topological polar surface area (TPSA) is 64.1 Å². The van der Waals surface area contributed by atoms with Crippen LogP contribution in [0, 0.1) is 0 Å². The normalized spacial score (nSPS) is 10.2. The number of nitrogens with zero attached hydrogens (tertiary/aromatic N) is 2. The van der Waals surface area contributed by atoms with Crippen molar-refractivity contribution in [2.45, 2.75) is 6.54 Å². The summed E-state index contributed by atoms with van der Waals surface area (Å²) < 4.78 is 4.91. The van der Waals surface area contributed by atoms with E-state index in [1.54, 1.807) is 18.2 Å². The number of methoxy groups -OCH3 is 1. The van der Waals surface area contributed by atoms with E-state index in [1.807, 2.05) is 0 Å². The SMILES string of the molecule is COc1cncc(C(=O)NCc2cccc(Cl)c2Cl)n1. The summed E-state index contributed by atoms with van der Waals surface area (Å²) in [5.74, 6) is -0.0918. The van der Waals surface area contributed by atoms with Gasteiger partial charge in [0.15, 0.2) is 0 Å². The Bertz CT molecular complexity index is 635. The van der Waals surface area contributed by atoms with Crippen LogP contribution in [0.3, 0.4) is 0 Å². The molecule has 2 rings (SSSR count). The lowest BCUT2D eigenvalue weighted by Gasteiger charge is -2.08. The van der Waals surface area contributed by atoms with E-state index < -0.39 is 0 Å². The predicted molar refractivity (Wildman–Crippen MR) is 76.2 cm³/mol. The van der Waals surface area contributed by atoms with E-state index >= 15 is 0 Å². The van der Waals surface area contributed by atoms with Gasteiger partial charge in [-0.2, -0.15) is 0 Å². The summed E-state index contributed by atoms with van der Waals surface area (Å²) in [6.07, 6.45) is 2.78.